The molecule has 4 nitrogen and oxygen atoms in total. The molecule has 162 valence electrons. The van der Waals surface area contributed by atoms with Gasteiger partial charge in [0.25, 0.3) is 0 Å². The molecule has 1 fully saturated rings. The summed E-state index contributed by atoms with van der Waals surface area (Å²) in [6.45, 7) is 3.09. The van der Waals surface area contributed by atoms with Gasteiger partial charge in [-0.2, -0.15) is 13.2 Å². The Morgan fingerprint density at radius 1 is 1.13 bits per heavy atom. The molecule has 2 aromatic carbocycles. The Balaban J connectivity index is 2.12. The zero-order valence-electron chi connectivity index (χ0n) is 17.3. The summed E-state index contributed by atoms with van der Waals surface area (Å²) in [4.78, 5) is 13.6. The van der Waals surface area contributed by atoms with Crippen LogP contribution in [0.5, 0.6) is 5.75 Å². The van der Waals surface area contributed by atoms with E-state index in [4.69, 9.17) is 9.47 Å². The van der Waals surface area contributed by atoms with Crippen LogP contribution in [0.25, 0.3) is 0 Å². The van der Waals surface area contributed by atoms with Gasteiger partial charge in [-0.25, -0.2) is 0 Å². The molecule has 0 bridgehead atoms. The first-order valence-corrected chi connectivity index (χ1v) is 9.93. The summed E-state index contributed by atoms with van der Waals surface area (Å²) in [7, 11) is 1.50. The molecule has 0 spiro atoms. The van der Waals surface area contributed by atoms with Crippen LogP contribution in [-0.2, 0) is 9.53 Å². The number of esters is 1. The van der Waals surface area contributed by atoms with Gasteiger partial charge in [-0.05, 0) is 50.1 Å². The molecule has 1 aliphatic rings. The van der Waals surface area contributed by atoms with Crippen LogP contribution >= 0.6 is 0 Å². The van der Waals surface area contributed by atoms with Crippen molar-refractivity contribution in [3.8, 4) is 5.75 Å². The maximum absolute atomic E-state index is 14.6. The molecule has 3 rings (SSSR count). The Labute approximate surface area is 174 Å². The van der Waals surface area contributed by atoms with E-state index in [-0.39, 0.29) is 19.4 Å². The van der Waals surface area contributed by atoms with Crippen molar-refractivity contribution in [3.63, 3.8) is 0 Å². The second-order valence-corrected chi connectivity index (χ2v) is 7.58. The van der Waals surface area contributed by atoms with Gasteiger partial charge in [-0.3, -0.25) is 4.79 Å². The number of carbonyl (C=O) groups is 1. The van der Waals surface area contributed by atoms with Gasteiger partial charge >= 0.3 is 12.1 Å². The number of hydrogen-bond acceptors (Lipinski definition) is 4. The molecule has 0 aromatic heterocycles. The zero-order chi connectivity index (χ0) is 21.9. The molecule has 1 aliphatic heterocycles. The lowest BCUT2D eigenvalue weighted by Crippen LogP contribution is -2.58. The van der Waals surface area contributed by atoms with Gasteiger partial charge in [0.15, 0.2) is 0 Å². The normalized spacial score (nSPS) is 24.0. The van der Waals surface area contributed by atoms with E-state index in [1.807, 2.05) is 0 Å². The van der Waals surface area contributed by atoms with Crippen LogP contribution in [0.1, 0.15) is 38.2 Å². The molecule has 1 saturated heterocycles. The summed E-state index contributed by atoms with van der Waals surface area (Å²) >= 11 is 0. The van der Waals surface area contributed by atoms with Crippen LogP contribution in [0.3, 0.4) is 0 Å². The van der Waals surface area contributed by atoms with E-state index in [0.29, 0.717) is 17.0 Å². The molecule has 0 amide bonds. The molecule has 3 atom stereocenters. The first kappa shape index (κ1) is 22.0. The minimum Gasteiger partial charge on any atom is -0.497 e. The minimum absolute atomic E-state index is 0.116. The van der Waals surface area contributed by atoms with Gasteiger partial charge in [-0.15, -0.1) is 0 Å². The predicted molar refractivity (Wildman–Crippen MR) is 109 cm³/mol. The van der Waals surface area contributed by atoms with Crippen molar-refractivity contribution in [2.75, 3.05) is 18.6 Å². The third kappa shape index (κ3) is 3.98. The van der Waals surface area contributed by atoms with Crippen LogP contribution in [-0.4, -0.2) is 37.4 Å². The van der Waals surface area contributed by atoms with Gasteiger partial charge in [0, 0.05) is 17.6 Å². The van der Waals surface area contributed by atoms with Gasteiger partial charge in [0.05, 0.1) is 20.1 Å². The van der Waals surface area contributed by atoms with E-state index in [9.17, 15) is 18.0 Å². The lowest BCUT2D eigenvalue weighted by atomic mass is 9.80. The highest BCUT2D eigenvalue weighted by atomic mass is 19.4. The second kappa shape index (κ2) is 8.58. The lowest BCUT2D eigenvalue weighted by Gasteiger charge is -2.44. The van der Waals surface area contributed by atoms with Crippen molar-refractivity contribution in [3.05, 3.63) is 60.2 Å². The summed E-state index contributed by atoms with van der Waals surface area (Å²) < 4.78 is 54.1. The van der Waals surface area contributed by atoms with E-state index in [1.54, 1.807) is 61.5 Å². The van der Waals surface area contributed by atoms with Crippen molar-refractivity contribution in [2.45, 2.75) is 50.4 Å². The predicted octanol–water partition coefficient (Wildman–Crippen LogP) is 5.33. The molecule has 0 saturated carbocycles. The van der Waals surface area contributed by atoms with Gasteiger partial charge < -0.3 is 14.4 Å². The van der Waals surface area contributed by atoms with Crippen LogP contribution in [0.15, 0.2) is 54.6 Å². The molecular formula is C23H26F3NO3. The second-order valence-electron chi connectivity index (χ2n) is 7.58. The van der Waals surface area contributed by atoms with E-state index in [0.717, 1.165) is 0 Å². The van der Waals surface area contributed by atoms with Crippen LogP contribution in [0.4, 0.5) is 18.9 Å². The molecule has 0 N–H and O–H groups in total. The summed E-state index contributed by atoms with van der Waals surface area (Å²) in [6, 6.07) is 14.5. The Bertz CT molecular complexity index is 854. The molecular weight excluding hydrogens is 395 g/mol. The first-order valence-electron chi connectivity index (χ1n) is 9.93. The zero-order valence-corrected chi connectivity index (χ0v) is 17.3. The molecule has 0 unspecified atom stereocenters. The van der Waals surface area contributed by atoms with Crippen LogP contribution in [0.2, 0.25) is 0 Å². The molecule has 0 radical (unpaired) electrons. The Kier molecular flexibility index (Phi) is 6.29. The Hall–Kier alpha value is -2.70. The number of rotatable bonds is 6. The number of carbonyl (C=O) groups excluding carboxylic acids is 1. The first-order chi connectivity index (χ1) is 14.2. The van der Waals surface area contributed by atoms with Crippen molar-refractivity contribution >= 4 is 11.7 Å². The quantitative estimate of drug-likeness (QED) is 0.591. The fraction of sp³-hybridized carbons (Fsp3) is 0.435. The van der Waals surface area contributed by atoms with E-state index in [1.165, 1.54) is 18.9 Å². The van der Waals surface area contributed by atoms with Crippen molar-refractivity contribution in [2.24, 2.45) is 0 Å². The van der Waals surface area contributed by atoms with Crippen LogP contribution in [0, 0.1) is 0 Å². The Morgan fingerprint density at radius 3 is 2.30 bits per heavy atom. The number of alkyl halides is 3. The largest absolute Gasteiger partial charge is 0.497 e. The highest BCUT2D eigenvalue weighted by molar-refractivity contribution is 5.72. The van der Waals surface area contributed by atoms with E-state index >= 15 is 0 Å². The summed E-state index contributed by atoms with van der Waals surface area (Å²) in [5, 5.41) is 0. The fourth-order valence-electron chi connectivity index (χ4n) is 4.44. The van der Waals surface area contributed by atoms with Gasteiger partial charge in [-0.1, -0.05) is 30.3 Å². The number of halogens is 3. The number of methoxy groups -OCH3 is 1. The third-order valence-electron chi connectivity index (χ3n) is 5.89. The highest BCUT2D eigenvalue weighted by Gasteiger charge is 2.65. The smallest absolute Gasteiger partial charge is 0.411 e. The van der Waals surface area contributed by atoms with E-state index in [2.05, 4.69) is 0 Å². The number of hydrogen-bond donors (Lipinski definition) is 0. The number of benzene rings is 2. The molecule has 2 aromatic rings. The standard InChI is InChI=1S/C23H26F3NO3/c1-4-30-21(28)15-18-14-20(16-8-6-5-7-9-16)22(2,23(24,25)26)27(18)17-10-12-19(29-3)13-11-17/h5-13,18,20H,4,14-15H2,1-3H3/t18-,20+,22+/m1/s1. The van der Waals surface area contributed by atoms with Crippen LogP contribution < -0.4 is 9.64 Å². The average Bonchev–Trinajstić information content (AvgIpc) is 3.02. The summed E-state index contributed by atoms with van der Waals surface area (Å²) in [5.74, 6) is -0.785. The maximum Gasteiger partial charge on any atom is 0.411 e. The molecule has 7 heteroatoms. The average molecular weight is 421 g/mol. The van der Waals surface area contributed by atoms with Crippen molar-refractivity contribution in [1.29, 1.82) is 0 Å². The summed E-state index contributed by atoms with van der Waals surface area (Å²) in [5.41, 5.74) is -1.20. The van der Waals surface area contributed by atoms with E-state index < -0.39 is 29.6 Å². The maximum atomic E-state index is 14.6. The van der Waals surface area contributed by atoms with Crippen molar-refractivity contribution < 1.29 is 27.4 Å². The molecule has 1 heterocycles. The summed E-state index contributed by atoms with van der Waals surface area (Å²) in [6.07, 6.45) is -4.46. The third-order valence-corrected chi connectivity index (χ3v) is 5.89. The number of anilines is 1. The molecule has 30 heavy (non-hydrogen) atoms. The monoisotopic (exact) mass is 421 g/mol. The fourth-order valence-corrected chi connectivity index (χ4v) is 4.44. The minimum atomic E-state index is -4.53. The highest BCUT2D eigenvalue weighted by Crippen LogP contribution is 2.55. The number of nitrogens with zero attached hydrogens (tertiary/aromatic N) is 1. The van der Waals surface area contributed by atoms with Gasteiger partial charge in [0.2, 0.25) is 0 Å². The Morgan fingerprint density at radius 2 is 1.77 bits per heavy atom. The van der Waals surface area contributed by atoms with Gasteiger partial charge in [0.1, 0.15) is 11.3 Å². The van der Waals surface area contributed by atoms with Crippen molar-refractivity contribution in [1.82, 2.24) is 0 Å². The topological polar surface area (TPSA) is 38.8 Å². The number of ether oxygens (including phenoxy) is 2. The lowest BCUT2D eigenvalue weighted by molar-refractivity contribution is -0.183. The SMILES string of the molecule is CCOC(=O)C[C@H]1C[C@@H](c2ccccc2)[C@@](C)(C(F)(F)F)N1c1ccc(OC)cc1. The molecule has 0 aliphatic carbocycles.